The summed E-state index contributed by atoms with van der Waals surface area (Å²) in [5, 5.41) is 11.4. The Balaban J connectivity index is 3.63. The van der Waals surface area contributed by atoms with Crippen molar-refractivity contribution in [2.45, 2.75) is 32.6 Å². The maximum absolute atomic E-state index is 11.0. The van der Waals surface area contributed by atoms with Gasteiger partial charge >= 0.3 is 5.97 Å². The Morgan fingerprint density at radius 1 is 1.18 bits per heavy atom. The molecule has 2 N–H and O–H groups in total. The number of hydrogen-bond donors (Lipinski definition) is 2. The third kappa shape index (κ3) is 9.81. The van der Waals surface area contributed by atoms with E-state index in [1.165, 1.54) is 0 Å². The van der Waals surface area contributed by atoms with Gasteiger partial charge in [-0.25, -0.2) is 0 Å². The molecule has 0 radical (unpaired) electrons. The molecule has 0 bridgehead atoms. The van der Waals surface area contributed by atoms with Gasteiger partial charge in [0.2, 0.25) is 5.91 Å². The molecule has 0 atom stereocenters. The maximum Gasteiger partial charge on any atom is 0.303 e. The first kappa shape index (κ1) is 15.9. The second-order valence-corrected chi connectivity index (χ2v) is 4.94. The van der Waals surface area contributed by atoms with Crippen molar-refractivity contribution >= 4 is 11.9 Å². The molecule has 0 aliphatic rings. The van der Waals surface area contributed by atoms with Crippen molar-refractivity contribution in [2.24, 2.45) is 0 Å². The Hall–Kier alpha value is -1.10. The number of amides is 1. The van der Waals surface area contributed by atoms with Gasteiger partial charge in [0.1, 0.15) is 0 Å². The number of carboxylic acids is 1. The average molecular weight is 245 g/mol. The van der Waals surface area contributed by atoms with E-state index in [2.05, 4.69) is 19.4 Å². The zero-order valence-corrected chi connectivity index (χ0v) is 11.2. The fourth-order valence-electron chi connectivity index (χ4n) is 1.63. The van der Waals surface area contributed by atoms with Crippen LogP contribution >= 0.6 is 0 Å². The molecule has 5 heteroatoms. The van der Waals surface area contributed by atoms with Crippen LogP contribution in [-0.2, 0) is 9.59 Å². The van der Waals surface area contributed by atoms with E-state index in [-0.39, 0.29) is 12.3 Å². The quantitative estimate of drug-likeness (QED) is 0.467. The fourth-order valence-corrected chi connectivity index (χ4v) is 1.63. The second-order valence-electron chi connectivity index (χ2n) is 4.94. The van der Waals surface area contributed by atoms with Gasteiger partial charge in [0, 0.05) is 25.8 Å². The van der Waals surface area contributed by atoms with Crippen LogP contribution in [0.25, 0.3) is 0 Å². The third-order valence-corrected chi connectivity index (χ3v) is 2.74. The highest BCUT2D eigenvalue weighted by molar-refractivity contribution is 5.75. The first-order chi connectivity index (χ1) is 7.87. The van der Waals surface area contributed by atoms with Gasteiger partial charge in [-0.1, -0.05) is 6.92 Å². The van der Waals surface area contributed by atoms with Crippen LogP contribution in [0.5, 0.6) is 0 Å². The second kappa shape index (κ2) is 8.06. The minimum absolute atomic E-state index is 0.0844. The summed E-state index contributed by atoms with van der Waals surface area (Å²) in [6, 6.07) is 0. The third-order valence-electron chi connectivity index (χ3n) is 2.74. The summed E-state index contributed by atoms with van der Waals surface area (Å²) < 4.78 is 0.801. The van der Waals surface area contributed by atoms with E-state index in [9.17, 15) is 9.59 Å². The van der Waals surface area contributed by atoms with Gasteiger partial charge in [0.05, 0.1) is 33.6 Å². The molecule has 0 aliphatic heterocycles. The number of aliphatic carboxylic acids is 1. The van der Waals surface area contributed by atoms with E-state index in [4.69, 9.17) is 5.11 Å². The molecule has 0 rings (SSSR count). The molecule has 0 saturated carbocycles. The van der Waals surface area contributed by atoms with Crippen molar-refractivity contribution in [3.8, 4) is 0 Å². The van der Waals surface area contributed by atoms with Gasteiger partial charge in [-0.05, 0) is 0 Å². The molecule has 0 aromatic rings. The van der Waals surface area contributed by atoms with Gasteiger partial charge in [0.15, 0.2) is 0 Å². The van der Waals surface area contributed by atoms with Crippen molar-refractivity contribution in [3.05, 3.63) is 0 Å². The van der Waals surface area contributed by atoms with Crippen LogP contribution in [0.3, 0.4) is 0 Å². The zero-order valence-electron chi connectivity index (χ0n) is 11.2. The van der Waals surface area contributed by atoms with Gasteiger partial charge in [-0.15, -0.1) is 0 Å². The van der Waals surface area contributed by atoms with Gasteiger partial charge in [-0.3, -0.25) is 9.59 Å². The number of quaternary nitrogens is 1. The molecule has 5 nitrogen and oxygen atoms in total. The molecule has 1 amide bonds. The van der Waals surface area contributed by atoms with Gasteiger partial charge in [-0.2, -0.15) is 0 Å². The van der Waals surface area contributed by atoms with Gasteiger partial charge < -0.3 is 14.9 Å². The normalized spacial score (nSPS) is 11.2. The SMILES string of the molecule is CCC(=O)NCCC[N+](C)(C)CCCC(=O)O. The predicted octanol–water partition coefficient (Wildman–Crippen LogP) is 0.844. The molecule has 0 unspecified atom stereocenters. The highest BCUT2D eigenvalue weighted by Gasteiger charge is 2.14. The van der Waals surface area contributed by atoms with Crippen molar-refractivity contribution < 1.29 is 19.2 Å². The monoisotopic (exact) mass is 245 g/mol. The van der Waals surface area contributed by atoms with E-state index in [0.717, 1.165) is 24.0 Å². The largest absolute Gasteiger partial charge is 0.481 e. The molecular formula is C12H25N2O3+. The number of carboxylic acid groups (broad SMARTS) is 1. The summed E-state index contributed by atoms with van der Waals surface area (Å²) in [5.74, 6) is -0.651. The number of nitrogens with zero attached hydrogens (tertiary/aromatic N) is 1. The molecule has 0 fully saturated rings. The summed E-state index contributed by atoms with van der Waals surface area (Å²) >= 11 is 0. The number of carbonyl (C=O) groups is 2. The smallest absolute Gasteiger partial charge is 0.303 e. The molecule has 0 aliphatic carbocycles. The molecular weight excluding hydrogens is 220 g/mol. The highest BCUT2D eigenvalue weighted by atomic mass is 16.4. The van der Waals surface area contributed by atoms with E-state index < -0.39 is 5.97 Å². The molecule has 0 spiro atoms. The van der Waals surface area contributed by atoms with E-state index in [0.29, 0.717) is 19.4 Å². The van der Waals surface area contributed by atoms with Crippen LogP contribution in [0.15, 0.2) is 0 Å². The Kier molecular flexibility index (Phi) is 7.54. The van der Waals surface area contributed by atoms with E-state index in [1.54, 1.807) is 0 Å². The summed E-state index contributed by atoms with van der Waals surface area (Å²) in [7, 11) is 4.17. The van der Waals surface area contributed by atoms with Crippen LogP contribution in [-0.4, -0.2) is 55.2 Å². The lowest BCUT2D eigenvalue weighted by Gasteiger charge is -2.29. The molecule has 0 aromatic carbocycles. The fraction of sp³-hybridized carbons (Fsp3) is 0.833. The first-order valence-electron chi connectivity index (χ1n) is 6.18. The van der Waals surface area contributed by atoms with E-state index in [1.807, 2.05) is 6.92 Å². The summed E-state index contributed by atoms with van der Waals surface area (Å²) in [5.41, 5.74) is 0. The number of rotatable bonds is 9. The van der Waals surface area contributed by atoms with E-state index >= 15 is 0 Å². The number of carbonyl (C=O) groups excluding carboxylic acids is 1. The summed E-state index contributed by atoms with van der Waals surface area (Å²) in [6.07, 6.45) is 2.38. The lowest BCUT2D eigenvalue weighted by molar-refractivity contribution is -0.890. The number of nitrogens with one attached hydrogen (secondary N) is 1. The lowest BCUT2D eigenvalue weighted by Crippen LogP contribution is -2.42. The standard InChI is InChI=1S/C12H24N2O3/c1-4-11(15)13-8-6-10-14(2,3)9-5-7-12(16)17/h4-10H2,1-3H3,(H-,13,15,16,17)/p+1. The summed E-state index contributed by atoms with van der Waals surface area (Å²) in [4.78, 5) is 21.4. The van der Waals surface area contributed by atoms with Crippen molar-refractivity contribution in [1.29, 1.82) is 0 Å². The van der Waals surface area contributed by atoms with Crippen molar-refractivity contribution in [3.63, 3.8) is 0 Å². The minimum Gasteiger partial charge on any atom is -0.481 e. The molecule has 0 saturated heterocycles. The van der Waals surface area contributed by atoms with Crippen LogP contribution in [0, 0.1) is 0 Å². The average Bonchev–Trinajstić information content (AvgIpc) is 2.23. The van der Waals surface area contributed by atoms with Crippen molar-refractivity contribution in [1.82, 2.24) is 5.32 Å². The van der Waals surface area contributed by atoms with Crippen LogP contribution in [0.4, 0.5) is 0 Å². The van der Waals surface area contributed by atoms with Gasteiger partial charge in [0.25, 0.3) is 0 Å². The highest BCUT2D eigenvalue weighted by Crippen LogP contribution is 2.03. The molecule has 0 aromatic heterocycles. The zero-order chi connectivity index (χ0) is 13.3. The lowest BCUT2D eigenvalue weighted by atomic mass is 10.2. The maximum atomic E-state index is 11.0. The Morgan fingerprint density at radius 2 is 1.76 bits per heavy atom. The summed E-state index contributed by atoms with van der Waals surface area (Å²) in [6.45, 7) is 4.34. The Labute approximate surface area is 103 Å². The topological polar surface area (TPSA) is 66.4 Å². The van der Waals surface area contributed by atoms with Crippen LogP contribution in [0.1, 0.15) is 32.6 Å². The number of hydrogen-bond acceptors (Lipinski definition) is 2. The van der Waals surface area contributed by atoms with Crippen molar-refractivity contribution in [2.75, 3.05) is 33.7 Å². The van der Waals surface area contributed by atoms with Crippen LogP contribution < -0.4 is 5.32 Å². The molecule has 17 heavy (non-hydrogen) atoms. The Morgan fingerprint density at radius 3 is 2.29 bits per heavy atom. The molecule has 100 valence electrons. The minimum atomic E-state index is -0.736. The van der Waals surface area contributed by atoms with Crippen LogP contribution in [0.2, 0.25) is 0 Å². The first-order valence-corrected chi connectivity index (χ1v) is 6.18. The Bertz CT molecular complexity index is 252. The molecule has 0 heterocycles. The predicted molar refractivity (Wildman–Crippen MR) is 66.6 cm³/mol.